The number of benzene rings is 1. The van der Waals surface area contributed by atoms with E-state index >= 15 is 0 Å². The molecule has 11 heteroatoms. The third kappa shape index (κ3) is 13.5. The zero-order valence-electron chi connectivity index (χ0n) is 21.9. The van der Waals surface area contributed by atoms with Crippen LogP contribution < -0.4 is 4.74 Å². The van der Waals surface area contributed by atoms with E-state index in [2.05, 4.69) is 32.7 Å². The maximum Gasteiger partial charge on any atom is 0.330 e. The first kappa shape index (κ1) is 30.7. The van der Waals surface area contributed by atoms with Crippen molar-refractivity contribution in [2.24, 2.45) is 0 Å². The monoisotopic (exact) mass is 530 g/mol. The quantitative estimate of drug-likeness (QED) is 0.146. The van der Waals surface area contributed by atoms with E-state index in [-0.39, 0.29) is 13.2 Å². The molecule has 0 aliphatic carbocycles. The maximum absolute atomic E-state index is 11.9. The molecule has 0 bridgehead atoms. The van der Waals surface area contributed by atoms with Crippen LogP contribution in [0.3, 0.4) is 0 Å². The van der Waals surface area contributed by atoms with Crippen LogP contribution in [-0.4, -0.2) is 76.7 Å². The Balaban J connectivity index is 2.29. The highest BCUT2D eigenvalue weighted by Gasteiger charge is 2.41. The second-order valence-electron chi connectivity index (χ2n) is 9.62. The zero-order chi connectivity index (χ0) is 25.8. The Morgan fingerprint density at radius 2 is 1.65 bits per heavy atom. The molecule has 2 atom stereocenters. The molecule has 0 saturated carbocycles. The van der Waals surface area contributed by atoms with Crippen LogP contribution in [-0.2, 0) is 26.9 Å². The summed E-state index contributed by atoms with van der Waals surface area (Å²) in [5.41, 5.74) is 0.843. The maximum atomic E-state index is 11.9. The Labute approximate surface area is 207 Å². The van der Waals surface area contributed by atoms with Crippen molar-refractivity contribution in [3.63, 3.8) is 0 Å². The molecule has 0 aromatic heterocycles. The molecule has 0 saturated heterocycles. The van der Waals surface area contributed by atoms with Crippen molar-refractivity contribution in [3.05, 3.63) is 35.9 Å². The highest BCUT2D eigenvalue weighted by Crippen LogP contribution is 2.24. The van der Waals surface area contributed by atoms with Crippen molar-refractivity contribution in [3.8, 4) is 5.75 Å². The zero-order valence-corrected chi connectivity index (χ0v) is 24.9. The largest absolute Gasteiger partial charge is 0.497 e. The molecule has 0 amide bonds. The van der Waals surface area contributed by atoms with E-state index in [1.165, 1.54) is 6.08 Å². The molecular weight excluding hydrogens is 489 g/mol. The van der Waals surface area contributed by atoms with Gasteiger partial charge >= 0.3 is 23.1 Å². The fraction of sp³-hybridized carbons (Fsp3) is 0.609. The van der Waals surface area contributed by atoms with Gasteiger partial charge in [0, 0.05) is 19.8 Å². The number of esters is 1. The average Bonchev–Trinajstić information content (AvgIpc) is 2.74. The number of methoxy groups -OCH3 is 1. The van der Waals surface area contributed by atoms with Crippen LogP contribution in [0.2, 0.25) is 45.3 Å². The number of hydrogen-bond acceptors (Lipinski definition) is 8. The van der Waals surface area contributed by atoms with Gasteiger partial charge in [-0.15, -0.1) is 0 Å². The SMILES string of the molecule is COc1ccc(C=CC(=O)OCC(O)COCCC[Si](C)(OC)O[Si](C)(C)O[Si](C)(C)C)cc1. The van der Waals surface area contributed by atoms with Gasteiger partial charge in [0.25, 0.3) is 0 Å². The summed E-state index contributed by atoms with van der Waals surface area (Å²) in [7, 11) is -3.07. The van der Waals surface area contributed by atoms with E-state index in [1.807, 2.05) is 18.7 Å². The third-order valence-electron chi connectivity index (χ3n) is 4.62. The fourth-order valence-corrected chi connectivity index (χ4v) is 15.7. The highest BCUT2D eigenvalue weighted by atomic mass is 28.5. The Hall–Kier alpha value is -1.32. The van der Waals surface area contributed by atoms with E-state index in [9.17, 15) is 9.90 Å². The minimum atomic E-state index is -2.38. The molecule has 0 radical (unpaired) electrons. The summed E-state index contributed by atoms with van der Waals surface area (Å²) >= 11 is 0. The summed E-state index contributed by atoms with van der Waals surface area (Å²) in [4.78, 5) is 11.9. The van der Waals surface area contributed by atoms with Gasteiger partial charge in [0.1, 0.15) is 18.5 Å². The van der Waals surface area contributed by atoms with Crippen LogP contribution in [0, 0.1) is 0 Å². The predicted octanol–water partition coefficient (Wildman–Crippen LogP) is 4.31. The number of aliphatic hydroxyl groups is 1. The molecule has 8 nitrogen and oxygen atoms in total. The van der Waals surface area contributed by atoms with Gasteiger partial charge in [-0.05, 0) is 75.5 Å². The van der Waals surface area contributed by atoms with Gasteiger partial charge in [-0.1, -0.05) is 12.1 Å². The number of ether oxygens (including phenoxy) is 3. The van der Waals surface area contributed by atoms with Gasteiger partial charge in [0.2, 0.25) is 0 Å². The molecular formula is C23H42O8Si3. The van der Waals surface area contributed by atoms with Crippen LogP contribution in [0.4, 0.5) is 0 Å². The molecule has 1 rings (SSSR count). The van der Waals surface area contributed by atoms with Crippen molar-refractivity contribution >= 4 is 37.5 Å². The lowest BCUT2D eigenvalue weighted by atomic mass is 10.2. The molecule has 0 spiro atoms. The second kappa shape index (κ2) is 14.3. The Bertz CT molecular complexity index is 764. The molecule has 1 aromatic carbocycles. The van der Waals surface area contributed by atoms with E-state index < -0.39 is 37.5 Å². The van der Waals surface area contributed by atoms with Crippen molar-refractivity contribution in [1.82, 2.24) is 0 Å². The smallest absolute Gasteiger partial charge is 0.330 e. The standard InChI is InChI=1S/C23H42O8Si3/c1-26-22-13-10-20(11-14-22)12-15-23(25)29-19-21(24)18-28-16-9-17-34(8,27-2)31-33(6,7)30-32(3,4)5/h10-15,21,24H,9,16-19H2,1-8H3. The van der Waals surface area contributed by atoms with E-state index in [0.29, 0.717) is 6.61 Å². The number of carbonyl (C=O) groups is 1. The molecule has 2 unspecified atom stereocenters. The number of rotatable bonds is 16. The summed E-state index contributed by atoms with van der Waals surface area (Å²) in [6.07, 6.45) is 2.81. The Morgan fingerprint density at radius 3 is 2.21 bits per heavy atom. The van der Waals surface area contributed by atoms with Gasteiger partial charge in [-0.3, -0.25) is 0 Å². The first-order chi connectivity index (χ1) is 15.8. The molecule has 0 aliphatic rings. The molecule has 0 aliphatic heterocycles. The summed E-state index contributed by atoms with van der Waals surface area (Å²) in [5, 5.41) is 10.0. The van der Waals surface area contributed by atoms with Crippen molar-refractivity contribution in [2.75, 3.05) is 34.0 Å². The fourth-order valence-electron chi connectivity index (χ4n) is 3.34. The molecule has 0 fully saturated rings. The van der Waals surface area contributed by atoms with E-state index in [4.69, 9.17) is 26.9 Å². The van der Waals surface area contributed by atoms with Crippen molar-refractivity contribution in [2.45, 2.75) is 57.9 Å². The van der Waals surface area contributed by atoms with Crippen LogP contribution in [0.25, 0.3) is 6.08 Å². The summed E-state index contributed by atoms with van der Waals surface area (Å²) in [6, 6.07) is 8.03. The minimum Gasteiger partial charge on any atom is -0.497 e. The average molecular weight is 531 g/mol. The molecule has 1 aromatic rings. The van der Waals surface area contributed by atoms with Crippen molar-refractivity contribution < 1.29 is 36.8 Å². The lowest BCUT2D eigenvalue weighted by molar-refractivity contribution is -0.141. The normalized spacial score (nSPS) is 15.2. The van der Waals surface area contributed by atoms with Gasteiger partial charge in [0.15, 0.2) is 8.32 Å². The van der Waals surface area contributed by atoms with Crippen LogP contribution >= 0.6 is 0 Å². The van der Waals surface area contributed by atoms with E-state index in [1.54, 1.807) is 32.4 Å². The molecule has 1 N–H and O–H groups in total. The lowest BCUT2D eigenvalue weighted by Gasteiger charge is -2.37. The molecule has 194 valence electrons. The predicted molar refractivity (Wildman–Crippen MR) is 141 cm³/mol. The van der Waals surface area contributed by atoms with Crippen LogP contribution in [0.15, 0.2) is 30.3 Å². The first-order valence-electron chi connectivity index (χ1n) is 11.5. The summed E-state index contributed by atoms with van der Waals surface area (Å²) in [5.74, 6) is 0.215. The molecule has 0 heterocycles. The minimum absolute atomic E-state index is 0.0839. The number of hydrogen-bond donors (Lipinski definition) is 1. The third-order valence-corrected chi connectivity index (χ3v) is 14.9. The second-order valence-corrected chi connectivity index (χ2v) is 21.5. The van der Waals surface area contributed by atoms with Gasteiger partial charge < -0.3 is 32.0 Å². The van der Waals surface area contributed by atoms with Gasteiger partial charge in [-0.25, -0.2) is 4.79 Å². The van der Waals surface area contributed by atoms with Crippen molar-refractivity contribution in [1.29, 1.82) is 0 Å². The molecule has 34 heavy (non-hydrogen) atoms. The topological polar surface area (TPSA) is 92.7 Å². The number of aliphatic hydroxyl groups excluding tert-OH is 1. The summed E-state index contributed by atoms with van der Waals surface area (Å²) < 4.78 is 34.2. The lowest BCUT2D eigenvalue weighted by Crippen LogP contribution is -2.53. The van der Waals surface area contributed by atoms with Crippen LogP contribution in [0.1, 0.15) is 12.0 Å². The van der Waals surface area contributed by atoms with Crippen LogP contribution in [0.5, 0.6) is 5.75 Å². The van der Waals surface area contributed by atoms with Gasteiger partial charge in [-0.2, -0.15) is 0 Å². The highest BCUT2D eigenvalue weighted by molar-refractivity contribution is 6.86. The summed E-state index contributed by atoms with van der Waals surface area (Å²) in [6.45, 7) is 13.1. The van der Waals surface area contributed by atoms with Gasteiger partial charge in [0.05, 0.1) is 13.7 Å². The Kier molecular flexibility index (Phi) is 12.9. The first-order valence-corrected chi connectivity index (χ1v) is 20.2. The Morgan fingerprint density at radius 1 is 1.00 bits per heavy atom. The number of carbonyl (C=O) groups excluding carboxylic acids is 1. The van der Waals surface area contributed by atoms with E-state index in [0.717, 1.165) is 23.8 Å².